The second kappa shape index (κ2) is 6.62. The van der Waals surface area contributed by atoms with Crippen LogP contribution in [0.1, 0.15) is 19.4 Å². The molecule has 0 heterocycles. The summed E-state index contributed by atoms with van der Waals surface area (Å²) in [6.07, 6.45) is 0. The standard InChI is InChI=1S/C13H18ClNO2/c1-9(2)8-17-12(14)13(16)15-11-7-5-4-6-10(11)3/h4-7,9,12H,8H2,1-3H3,(H,15,16). The summed E-state index contributed by atoms with van der Waals surface area (Å²) in [5.74, 6) is 0.0177. The molecule has 1 amide bonds. The van der Waals surface area contributed by atoms with Crippen LogP contribution in [0.15, 0.2) is 24.3 Å². The van der Waals surface area contributed by atoms with Crippen LogP contribution in [0.3, 0.4) is 0 Å². The Morgan fingerprint density at radius 3 is 2.65 bits per heavy atom. The van der Waals surface area contributed by atoms with E-state index >= 15 is 0 Å². The third-order valence-electron chi connectivity index (χ3n) is 2.18. The number of carbonyl (C=O) groups is 1. The van der Waals surface area contributed by atoms with Gasteiger partial charge in [-0.1, -0.05) is 43.6 Å². The highest BCUT2D eigenvalue weighted by atomic mass is 35.5. The molecule has 0 saturated carbocycles. The number of amides is 1. The monoisotopic (exact) mass is 255 g/mol. The average Bonchev–Trinajstić information content (AvgIpc) is 2.28. The van der Waals surface area contributed by atoms with Gasteiger partial charge in [0.25, 0.3) is 5.91 Å². The van der Waals surface area contributed by atoms with Gasteiger partial charge < -0.3 is 10.1 Å². The predicted octanol–water partition coefficient (Wildman–Crippen LogP) is 3.17. The maximum Gasteiger partial charge on any atom is 0.269 e. The Hall–Kier alpha value is -1.06. The number of aryl methyl sites for hydroxylation is 1. The lowest BCUT2D eigenvalue weighted by Gasteiger charge is -2.14. The number of carbonyl (C=O) groups excluding carboxylic acids is 1. The second-order valence-electron chi connectivity index (χ2n) is 4.35. The van der Waals surface area contributed by atoms with Gasteiger partial charge in [0.1, 0.15) is 0 Å². The number of rotatable bonds is 5. The van der Waals surface area contributed by atoms with Crippen LogP contribution < -0.4 is 5.32 Å². The van der Waals surface area contributed by atoms with Crippen LogP contribution in [0.25, 0.3) is 0 Å². The zero-order chi connectivity index (χ0) is 12.8. The molecule has 0 fully saturated rings. The van der Waals surface area contributed by atoms with E-state index in [0.717, 1.165) is 11.3 Å². The first kappa shape index (κ1) is 14.0. The number of para-hydroxylation sites is 1. The van der Waals surface area contributed by atoms with Gasteiger partial charge in [-0.2, -0.15) is 0 Å². The first-order valence-electron chi connectivity index (χ1n) is 5.63. The first-order chi connectivity index (χ1) is 8.00. The summed E-state index contributed by atoms with van der Waals surface area (Å²) in [5.41, 5.74) is 0.807. The van der Waals surface area contributed by atoms with Crippen LogP contribution in [0.5, 0.6) is 0 Å². The SMILES string of the molecule is Cc1ccccc1NC(=O)C(Cl)OCC(C)C. The van der Waals surface area contributed by atoms with Crippen LogP contribution >= 0.6 is 11.6 Å². The Morgan fingerprint density at radius 2 is 2.06 bits per heavy atom. The molecule has 17 heavy (non-hydrogen) atoms. The second-order valence-corrected chi connectivity index (χ2v) is 4.74. The molecule has 0 aliphatic heterocycles. The van der Waals surface area contributed by atoms with Crippen LogP contribution in [-0.2, 0) is 9.53 Å². The molecule has 4 heteroatoms. The van der Waals surface area contributed by atoms with E-state index in [1.54, 1.807) is 0 Å². The molecule has 0 saturated heterocycles. The van der Waals surface area contributed by atoms with Crippen molar-refractivity contribution in [3.8, 4) is 0 Å². The van der Waals surface area contributed by atoms with Crippen molar-refractivity contribution in [1.29, 1.82) is 0 Å². The molecule has 0 aromatic heterocycles. The van der Waals surface area contributed by atoms with Gasteiger partial charge in [0, 0.05) is 5.69 Å². The molecule has 0 aliphatic rings. The molecule has 1 aromatic rings. The van der Waals surface area contributed by atoms with Crippen molar-refractivity contribution in [3.05, 3.63) is 29.8 Å². The summed E-state index contributed by atoms with van der Waals surface area (Å²) < 4.78 is 5.23. The molecule has 0 spiro atoms. The highest BCUT2D eigenvalue weighted by molar-refractivity contribution is 6.31. The number of ether oxygens (including phenoxy) is 1. The van der Waals surface area contributed by atoms with Gasteiger partial charge in [0.15, 0.2) is 0 Å². The minimum absolute atomic E-state index is 0.332. The van der Waals surface area contributed by atoms with E-state index < -0.39 is 5.56 Å². The Morgan fingerprint density at radius 1 is 1.41 bits per heavy atom. The molecule has 0 bridgehead atoms. The van der Waals surface area contributed by atoms with Crippen molar-refractivity contribution in [2.24, 2.45) is 5.92 Å². The molecule has 1 atom stereocenters. The van der Waals surface area contributed by atoms with Crippen molar-refractivity contribution in [1.82, 2.24) is 0 Å². The average molecular weight is 256 g/mol. The maximum atomic E-state index is 11.7. The fraction of sp³-hybridized carbons (Fsp3) is 0.462. The van der Waals surface area contributed by atoms with Crippen molar-refractivity contribution >= 4 is 23.2 Å². The highest BCUT2D eigenvalue weighted by Crippen LogP contribution is 2.14. The van der Waals surface area contributed by atoms with Crippen LogP contribution in [0.4, 0.5) is 5.69 Å². The zero-order valence-corrected chi connectivity index (χ0v) is 11.1. The number of nitrogens with one attached hydrogen (secondary N) is 1. The molecule has 0 radical (unpaired) electrons. The summed E-state index contributed by atoms with van der Waals surface area (Å²) in [6, 6.07) is 7.53. The first-order valence-corrected chi connectivity index (χ1v) is 6.06. The minimum atomic E-state index is -0.947. The van der Waals surface area contributed by atoms with Crippen LogP contribution in [0.2, 0.25) is 0 Å². The molecule has 0 aliphatic carbocycles. The number of alkyl halides is 1. The van der Waals surface area contributed by atoms with Gasteiger partial charge in [0.05, 0.1) is 6.61 Å². The third-order valence-corrected chi connectivity index (χ3v) is 2.51. The van der Waals surface area contributed by atoms with E-state index in [0.29, 0.717) is 12.5 Å². The van der Waals surface area contributed by atoms with Crippen molar-refractivity contribution in [2.75, 3.05) is 11.9 Å². The van der Waals surface area contributed by atoms with Gasteiger partial charge in [-0.25, -0.2) is 0 Å². The Labute approximate surface area is 107 Å². The molecular formula is C13H18ClNO2. The van der Waals surface area contributed by atoms with Gasteiger partial charge in [-0.3, -0.25) is 4.79 Å². The van der Waals surface area contributed by atoms with Crippen LogP contribution in [0, 0.1) is 12.8 Å². The van der Waals surface area contributed by atoms with E-state index in [4.69, 9.17) is 16.3 Å². The number of hydrogen-bond acceptors (Lipinski definition) is 2. The molecule has 3 nitrogen and oxygen atoms in total. The van der Waals surface area contributed by atoms with Gasteiger partial charge in [-0.05, 0) is 24.5 Å². The Kier molecular flexibility index (Phi) is 5.45. The predicted molar refractivity (Wildman–Crippen MR) is 70.2 cm³/mol. The normalized spacial score (nSPS) is 12.5. The number of halogens is 1. The lowest BCUT2D eigenvalue weighted by molar-refractivity contribution is -0.123. The van der Waals surface area contributed by atoms with Crippen molar-refractivity contribution in [3.63, 3.8) is 0 Å². The molecule has 1 N–H and O–H groups in total. The summed E-state index contributed by atoms with van der Waals surface area (Å²) >= 11 is 5.84. The molecular weight excluding hydrogens is 238 g/mol. The summed E-state index contributed by atoms with van der Waals surface area (Å²) in [5, 5.41) is 2.74. The zero-order valence-electron chi connectivity index (χ0n) is 10.4. The number of benzene rings is 1. The van der Waals surface area contributed by atoms with E-state index in [1.807, 2.05) is 45.0 Å². The molecule has 1 aromatic carbocycles. The topological polar surface area (TPSA) is 38.3 Å². The summed E-state index contributed by atoms with van der Waals surface area (Å²) in [6.45, 7) is 6.40. The van der Waals surface area contributed by atoms with Crippen molar-refractivity contribution in [2.45, 2.75) is 26.3 Å². The molecule has 1 rings (SSSR count). The summed E-state index contributed by atoms with van der Waals surface area (Å²) in [4.78, 5) is 11.7. The smallest absolute Gasteiger partial charge is 0.269 e. The Balaban J connectivity index is 2.52. The van der Waals surface area contributed by atoms with Gasteiger partial charge >= 0.3 is 0 Å². The lowest BCUT2D eigenvalue weighted by Crippen LogP contribution is -2.27. The number of anilines is 1. The quantitative estimate of drug-likeness (QED) is 0.821. The molecule has 94 valence electrons. The van der Waals surface area contributed by atoms with Crippen LogP contribution in [-0.4, -0.2) is 18.1 Å². The lowest BCUT2D eigenvalue weighted by atomic mass is 10.2. The summed E-state index contributed by atoms with van der Waals surface area (Å²) in [7, 11) is 0. The fourth-order valence-electron chi connectivity index (χ4n) is 1.26. The fourth-order valence-corrected chi connectivity index (χ4v) is 1.38. The van der Waals surface area contributed by atoms with E-state index in [2.05, 4.69) is 5.32 Å². The third kappa shape index (κ3) is 4.75. The van der Waals surface area contributed by atoms with E-state index in [-0.39, 0.29) is 5.91 Å². The van der Waals surface area contributed by atoms with Gasteiger partial charge in [-0.15, -0.1) is 0 Å². The molecule has 1 unspecified atom stereocenters. The Bertz CT molecular complexity index is 379. The van der Waals surface area contributed by atoms with E-state index in [9.17, 15) is 4.79 Å². The maximum absolute atomic E-state index is 11.7. The largest absolute Gasteiger partial charge is 0.353 e. The minimum Gasteiger partial charge on any atom is -0.353 e. The van der Waals surface area contributed by atoms with Crippen molar-refractivity contribution < 1.29 is 9.53 Å². The van der Waals surface area contributed by atoms with E-state index in [1.165, 1.54) is 0 Å². The highest BCUT2D eigenvalue weighted by Gasteiger charge is 2.16. The number of hydrogen-bond donors (Lipinski definition) is 1. The van der Waals surface area contributed by atoms with Gasteiger partial charge in [0.2, 0.25) is 5.56 Å².